The Hall–Kier alpha value is -1.04. The lowest BCUT2D eigenvalue weighted by Gasteiger charge is -2.12. The molecule has 0 aliphatic rings. The molecule has 1 unspecified atom stereocenters. The standard InChI is InChI=1S/C8H12F3N3/c1-14-5-6(4-13-14)2-7(12)3-8(9,10)11/h4-5,7H,2-3,12H2,1H3. The van der Waals surface area contributed by atoms with Gasteiger partial charge in [0.25, 0.3) is 0 Å². The summed E-state index contributed by atoms with van der Waals surface area (Å²) < 4.78 is 37.3. The molecule has 2 N–H and O–H groups in total. The number of halogens is 3. The van der Waals surface area contributed by atoms with Gasteiger partial charge in [0.05, 0.1) is 12.6 Å². The van der Waals surface area contributed by atoms with E-state index in [1.165, 1.54) is 10.9 Å². The van der Waals surface area contributed by atoms with Crippen molar-refractivity contribution >= 4 is 0 Å². The van der Waals surface area contributed by atoms with E-state index in [4.69, 9.17) is 5.73 Å². The van der Waals surface area contributed by atoms with Crippen molar-refractivity contribution in [3.05, 3.63) is 18.0 Å². The molecule has 0 aromatic carbocycles. The summed E-state index contributed by atoms with van der Waals surface area (Å²) in [7, 11) is 1.71. The largest absolute Gasteiger partial charge is 0.390 e. The normalized spacial score (nSPS) is 14.4. The van der Waals surface area contributed by atoms with Crippen molar-refractivity contribution in [1.82, 2.24) is 9.78 Å². The van der Waals surface area contributed by atoms with Crippen molar-refractivity contribution in [2.45, 2.75) is 25.1 Å². The molecule has 0 fully saturated rings. The second-order valence-electron chi connectivity index (χ2n) is 3.31. The molecule has 1 atom stereocenters. The Morgan fingerprint density at radius 1 is 1.57 bits per heavy atom. The number of aryl methyl sites for hydroxylation is 1. The SMILES string of the molecule is Cn1cc(CC(N)CC(F)(F)F)cn1. The second kappa shape index (κ2) is 4.00. The molecule has 0 spiro atoms. The quantitative estimate of drug-likeness (QED) is 0.810. The topological polar surface area (TPSA) is 43.8 Å². The van der Waals surface area contributed by atoms with Crippen molar-refractivity contribution in [2.75, 3.05) is 0 Å². The van der Waals surface area contributed by atoms with Crippen molar-refractivity contribution in [3.8, 4) is 0 Å². The lowest BCUT2D eigenvalue weighted by molar-refractivity contribution is -0.138. The molecule has 6 heteroatoms. The van der Waals surface area contributed by atoms with Gasteiger partial charge in [-0.05, 0) is 12.0 Å². The maximum atomic E-state index is 11.9. The van der Waals surface area contributed by atoms with Gasteiger partial charge in [-0.3, -0.25) is 4.68 Å². The summed E-state index contributed by atoms with van der Waals surface area (Å²) in [4.78, 5) is 0. The van der Waals surface area contributed by atoms with Crippen molar-refractivity contribution in [3.63, 3.8) is 0 Å². The molecule has 0 aliphatic heterocycles. The minimum Gasteiger partial charge on any atom is -0.327 e. The van der Waals surface area contributed by atoms with Crippen molar-refractivity contribution in [1.29, 1.82) is 0 Å². The van der Waals surface area contributed by atoms with Crippen LogP contribution in [0.4, 0.5) is 13.2 Å². The van der Waals surface area contributed by atoms with Crippen LogP contribution in [0.25, 0.3) is 0 Å². The van der Waals surface area contributed by atoms with Crippen LogP contribution in [-0.2, 0) is 13.5 Å². The van der Waals surface area contributed by atoms with Crippen LogP contribution in [0.5, 0.6) is 0 Å². The van der Waals surface area contributed by atoms with E-state index < -0.39 is 18.6 Å². The Kier molecular flexibility index (Phi) is 3.15. The number of nitrogens with two attached hydrogens (primary N) is 1. The highest BCUT2D eigenvalue weighted by Crippen LogP contribution is 2.21. The van der Waals surface area contributed by atoms with Crippen LogP contribution in [0.15, 0.2) is 12.4 Å². The van der Waals surface area contributed by atoms with Crippen LogP contribution in [-0.4, -0.2) is 22.0 Å². The summed E-state index contributed by atoms with van der Waals surface area (Å²) in [6.45, 7) is 0. The zero-order chi connectivity index (χ0) is 10.8. The van der Waals surface area contributed by atoms with Gasteiger partial charge in [0.15, 0.2) is 0 Å². The van der Waals surface area contributed by atoms with E-state index in [-0.39, 0.29) is 6.42 Å². The summed E-state index contributed by atoms with van der Waals surface area (Å²) in [5, 5.41) is 3.85. The van der Waals surface area contributed by atoms with Crippen LogP contribution >= 0.6 is 0 Å². The van der Waals surface area contributed by atoms with Crippen molar-refractivity contribution in [2.24, 2.45) is 12.8 Å². The maximum Gasteiger partial charge on any atom is 0.390 e. The molecular formula is C8H12F3N3. The molecule has 0 amide bonds. The Labute approximate surface area is 79.7 Å². The third-order valence-corrected chi connectivity index (χ3v) is 1.75. The first-order valence-corrected chi connectivity index (χ1v) is 4.16. The molecular weight excluding hydrogens is 195 g/mol. The molecule has 1 aromatic heterocycles. The first kappa shape index (κ1) is 11.0. The molecule has 0 bridgehead atoms. The van der Waals surface area contributed by atoms with Gasteiger partial charge in [-0.1, -0.05) is 0 Å². The summed E-state index contributed by atoms with van der Waals surface area (Å²) in [6, 6.07) is -0.890. The molecule has 1 rings (SSSR count). The van der Waals surface area contributed by atoms with Gasteiger partial charge >= 0.3 is 6.18 Å². The molecule has 1 heterocycles. The van der Waals surface area contributed by atoms with Crippen LogP contribution in [0, 0.1) is 0 Å². The predicted molar refractivity (Wildman–Crippen MR) is 45.6 cm³/mol. The summed E-state index contributed by atoms with van der Waals surface area (Å²) in [5.74, 6) is 0. The predicted octanol–water partition coefficient (Wildman–Crippen LogP) is 1.24. The van der Waals surface area contributed by atoms with E-state index in [1.807, 2.05) is 0 Å². The van der Waals surface area contributed by atoms with E-state index in [0.717, 1.165) is 5.56 Å². The zero-order valence-corrected chi connectivity index (χ0v) is 7.75. The van der Waals surface area contributed by atoms with Gasteiger partial charge in [-0.25, -0.2) is 0 Å². The molecule has 0 saturated carbocycles. The maximum absolute atomic E-state index is 11.9. The highest BCUT2D eigenvalue weighted by molar-refractivity contribution is 5.05. The van der Waals surface area contributed by atoms with E-state index in [0.29, 0.717) is 0 Å². The molecule has 1 aromatic rings. The molecule has 0 aliphatic carbocycles. The van der Waals surface area contributed by atoms with Crippen molar-refractivity contribution < 1.29 is 13.2 Å². The van der Waals surface area contributed by atoms with E-state index in [2.05, 4.69) is 5.10 Å². The smallest absolute Gasteiger partial charge is 0.327 e. The summed E-state index contributed by atoms with van der Waals surface area (Å²) in [5.41, 5.74) is 6.07. The van der Waals surface area contributed by atoms with Crippen LogP contribution in [0.3, 0.4) is 0 Å². The number of hydrogen-bond acceptors (Lipinski definition) is 2. The Morgan fingerprint density at radius 3 is 2.64 bits per heavy atom. The van der Waals surface area contributed by atoms with Crippen LogP contribution < -0.4 is 5.73 Å². The van der Waals surface area contributed by atoms with Gasteiger partial charge in [0, 0.05) is 19.3 Å². The van der Waals surface area contributed by atoms with E-state index >= 15 is 0 Å². The number of nitrogens with zero attached hydrogens (tertiary/aromatic N) is 2. The fourth-order valence-electron chi connectivity index (χ4n) is 1.25. The van der Waals surface area contributed by atoms with Crippen LogP contribution in [0.1, 0.15) is 12.0 Å². The third-order valence-electron chi connectivity index (χ3n) is 1.75. The Balaban J connectivity index is 2.45. The first-order valence-electron chi connectivity index (χ1n) is 4.16. The molecule has 0 saturated heterocycles. The average molecular weight is 207 g/mol. The highest BCUT2D eigenvalue weighted by Gasteiger charge is 2.30. The van der Waals surface area contributed by atoms with E-state index in [1.54, 1.807) is 13.2 Å². The van der Waals surface area contributed by atoms with Gasteiger partial charge in [-0.2, -0.15) is 18.3 Å². The van der Waals surface area contributed by atoms with Gasteiger partial charge in [0.1, 0.15) is 0 Å². The Morgan fingerprint density at radius 2 is 2.21 bits per heavy atom. The van der Waals surface area contributed by atoms with E-state index in [9.17, 15) is 13.2 Å². The minimum atomic E-state index is -4.19. The number of hydrogen-bond donors (Lipinski definition) is 1. The Bertz CT molecular complexity index is 292. The van der Waals surface area contributed by atoms with Gasteiger partial charge in [0.2, 0.25) is 0 Å². The molecule has 14 heavy (non-hydrogen) atoms. The lowest BCUT2D eigenvalue weighted by atomic mass is 10.1. The lowest BCUT2D eigenvalue weighted by Crippen LogP contribution is -2.29. The fraction of sp³-hybridized carbons (Fsp3) is 0.625. The summed E-state index contributed by atoms with van der Waals surface area (Å²) >= 11 is 0. The first-order chi connectivity index (χ1) is 6.37. The monoisotopic (exact) mass is 207 g/mol. The number of aromatic nitrogens is 2. The summed E-state index contributed by atoms with van der Waals surface area (Å²) in [6.07, 6.45) is -1.76. The zero-order valence-electron chi connectivity index (χ0n) is 7.75. The van der Waals surface area contributed by atoms with Gasteiger partial charge < -0.3 is 5.73 Å². The number of alkyl halides is 3. The fourth-order valence-corrected chi connectivity index (χ4v) is 1.25. The average Bonchev–Trinajstić information content (AvgIpc) is 2.30. The highest BCUT2D eigenvalue weighted by atomic mass is 19.4. The second-order valence-corrected chi connectivity index (χ2v) is 3.31. The third kappa shape index (κ3) is 3.78. The number of rotatable bonds is 3. The molecule has 80 valence electrons. The van der Waals surface area contributed by atoms with Gasteiger partial charge in [-0.15, -0.1) is 0 Å². The minimum absolute atomic E-state index is 0.202. The van der Waals surface area contributed by atoms with Crippen LogP contribution in [0.2, 0.25) is 0 Å². The molecule has 0 radical (unpaired) electrons. The molecule has 3 nitrogen and oxygen atoms in total.